The van der Waals surface area contributed by atoms with Gasteiger partial charge in [-0.15, -0.1) is 0 Å². The van der Waals surface area contributed by atoms with Crippen molar-refractivity contribution in [2.24, 2.45) is 16.5 Å². The summed E-state index contributed by atoms with van der Waals surface area (Å²) < 4.78 is 0. The van der Waals surface area contributed by atoms with Gasteiger partial charge in [0.25, 0.3) is 0 Å². The molecule has 44 heavy (non-hydrogen) atoms. The van der Waals surface area contributed by atoms with Crippen LogP contribution in [0.2, 0.25) is 0 Å². The zero-order valence-corrected chi connectivity index (χ0v) is 25.1. The van der Waals surface area contributed by atoms with E-state index in [9.17, 15) is 0 Å². The van der Waals surface area contributed by atoms with Gasteiger partial charge < -0.3 is 11.5 Å². The van der Waals surface area contributed by atoms with Crippen LogP contribution in [0.3, 0.4) is 0 Å². The number of fused-ring (bicyclic) bond motifs is 8. The van der Waals surface area contributed by atoms with Gasteiger partial charge in [0.1, 0.15) is 5.84 Å². The molecule has 0 unspecified atom stereocenters. The van der Waals surface area contributed by atoms with Crippen molar-refractivity contribution in [1.29, 1.82) is 0 Å². The van der Waals surface area contributed by atoms with E-state index in [2.05, 4.69) is 96.9 Å². The van der Waals surface area contributed by atoms with Gasteiger partial charge in [-0.3, -0.25) is 4.99 Å². The number of hydrogen-bond acceptors (Lipinski definition) is 2. The summed E-state index contributed by atoms with van der Waals surface area (Å²) in [6.07, 6.45) is 9.55. The van der Waals surface area contributed by atoms with Crippen LogP contribution in [0.1, 0.15) is 29.2 Å². The number of allylic oxidation sites excluding steroid dienone is 5. The summed E-state index contributed by atoms with van der Waals surface area (Å²) >= 11 is 0. The quantitative estimate of drug-likeness (QED) is 0.123. The van der Waals surface area contributed by atoms with Crippen LogP contribution in [0.25, 0.3) is 37.9 Å². The number of rotatable bonds is 5. The third-order valence-corrected chi connectivity index (χ3v) is 8.18. The summed E-state index contributed by atoms with van der Waals surface area (Å²) in [4.78, 5) is 4.36. The maximum Gasteiger partial charge on any atom is 0.125 e. The SMILES string of the molecule is C\C=C/C=C1/Cc2c(ccc3c4ccccc4c4ccccc4c23)/C1=C\CN.NC(=NCc1ccccc1)c1ccccc1. The monoisotopic (exact) mass is 571 g/mol. The Balaban J connectivity index is 0.000000182. The van der Waals surface area contributed by atoms with Crippen LogP contribution in [0, 0.1) is 0 Å². The molecule has 0 radical (unpaired) electrons. The van der Waals surface area contributed by atoms with Crippen LogP contribution < -0.4 is 11.5 Å². The van der Waals surface area contributed by atoms with E-state index in [0.717, 1.165) is 12.0 Å². The van der Waals surface area contributed by atoms with Crippen LogP contribution in [-0.4, -0.2) is 12.4 Å². The Bertz CT molecular complexity index is 2010. The van der Waals surface area contributed by atoms with Crippen molar-refractivity contribution in [3.8, 4) is 0 Å². The van der Waals surface area contributed by atoms with E-state index in [1.807, 2.05) is 60.7 Å². The molecule has 0 aromatic heterocycles. The molecule has 6 aromatic rings. The Morgan fingerprint density at radius 3 is 1.91 bits per heavy atom. The van der Waals surface area contributed by atoms with Crippen LogP contribution in [-0.2, 0) is 13.0 Å². The molecule has 6 aromatic carbocycles. The molecule has 0 spiro atoms. The van der Waals surface area contributed by atoms with Gasteiger partial charge in [0.15, 0.2) is 0 Å². The van der Waals surface area contributed by atoms with E-state index in [1.54, 1.807) is 0 Å². The van der Waals surface area contributed by atoms with Gasteiger partial charge in [0, 0.05) is 12.1 Å². The lowest BCUT2D eigenvalue weighted by molar-refractivity contribution is 1.06. The number of benzene rings is 6. The van der Waals surface area contributed by atoms with Gasteiger partial charge in [-0.2, -0.15) is 0 Å². The third-order valence-electron chi connectivity index (χ3n) is 8.18. The van der Waals surface area contributed by atoms with Crippen LogP contribution in [0.5, 0.6) is 0 Å². The molecule has 0 aliphatic heterocycles. The Morgan fingerprint density at radius 2 is 1.27 bits per heavy atom. The molecular formula is C41H37N3. The number of nitrogens with zero attached hydrogens (tertiary/aromatic N) is 1. The Labute approximate surface area is 259 Å². The zero-order chi connectivity index (χ0) is 30.3. The second-order valence-electron chi connectivity index (χ2n) is 10.9. The average molecular weight is 572 g/mol. The number of hydrogen-bond donors (Lipinski definition) is 2. The van der Waals surface area contributed by atoms with Gasteiger partial charge in [-0.25, -0.2) is 0 Å². The van der Waals surface area contributed by atoms with Gasteiger partial charge in [0.05, 0.1) is 6.54 Å². The fraction of sp³-hybridized carbons (Fsp3) is 0.0976. The van der Waals surface area contributed by atoms with E-state index in [4.69, 9.17) is 11.5 Å². The minimum Gasteiger partial charge on any atom is -0.383 e. The highest BCUT2D eigenvalue weighted by atomic mass is 14.8. The first-order chi connectivity index (χ1) is 21.7. The molecule has 0 bridgehead atoms. The minimum atomic E-state index is 0.554. The van der Waals surface area contributed by atoms with Gasteiger partial charge in [-0.1, -0.05) is 146 Å². The van der Waals surface area contributed by atoms with E-state index in [1.165, 1.54) is 60.2 Å². The first-order valence-electron chi connectivity index (χ1n) is 15.2. The predicted molar refractivity (Wildman–Crippen MR) is 190 cm³/mol. The highest BCUT2D eigenvalue weighted by Gasteiger charge is 2.24. The lowest BCUT2D eigenvalue weighted by Crippen LogP contribution is -2.13. The Morgan fingerprint density at radius 1 is 0.705 bits per heavy atom. The van der Waals surface area contributed by atoms with E-state index in [0.29, 0.717) is 18.9 Å². The lowest BCUT2D eigenvalue weighted by atomic mass is 9.90. The van der Waals surface area contributed by atoms with Crippen LogP contribution in [0.4, 0.5) is 0 Å². The van der Waals surface area contributed by atoms with Crippen molar-refractivity contribution in [1.82, 2.24) is 0 Å². The van der Waals surface area contributed by atoms with Crippen LogP contribution in [0.15, 0.2) is 156 Å². The van der Waals surface area contributed by atoms with Crippen molar-refractivity contribution in [2.45, 2.75) is 19.9 Å². The molecule has 7 rings (SSSR count). The maximum atomic E-state index is 5.91. The van der Waals surface area contributed by atoms with Gasteiger partial charge in [0.2, 0.25) is 0 Å². The summed E-state index contributed by atoms with van der Waals surface area (Å²) in [5.74, 6) is 0.587. The third kappa shape index (κ3) is 5.83. The molecule has 3 nitrogen and oxygen atoms in total. The fourth-order valence-corrected chi connectivity index (χ4v) is 6.14. The molecule has 1 aliphatic rings. The number of aliphatic imine (C=N–C) groups is 1. The molecule has 1 aliphatic carbocycles. The van der Waals surface area contributed by atoms with E-state index >= 15 is 0 Å². The summed E-state index contributed by atoms with van der Waals surface area (Å²) in [6.45, 7) is 3.24. The summed E-state index contributed by atoms with van der Waals surface area (Å²) in [6, 6.07) is 42.0. The first-order valence-corrected chi connectivity index (χ1v) is 15.2. The molecule has 0 heterocycles. The van der Waals surface area contributed by atoms with E-state index in [-0.39, 0.29) is 0 Å². The molecule has 4 N–H and O–H groups in total. The molecule has 3 heteroatoms. The second-order valence-corrected chi connectivity index (χ2v) is 10.9. The predicted octanol–water partition coefficient (Wildman–Crippen LogP) is 9.14. The Hall–Kier alpha value is -5.25. The van der Waals surface area contributed by atoms with Crippen LogP contribution >= 0.6 is 0 Å². The molecule has 0 saturated heterocycles. The minimum absolute atomic E-state index is 0.554. The smallest absolute Gasteiger partial charge is 0.125 e. The second kappa shape index (κ2) is 13.4. The summed E-state index contributed by atoms with van der Waals surface area (Å²) in [7, 11) is 0. The van der Waals surface area contributed by atoms with Crippen molar-refractivity contribution < 1.29 is 0 Å². The fourth-order valence-electron chi connectivity index (χ4n) is 6.14. The number of amidine groups is 1. The lowest BCUT2D eigenvalue weighted by Gasteiger charge is -2.13. The zero-order valence-electron chi connectivity index (χ0n) is 25.1. The molecule has 0 amide bonds. The molecule has 0 atom stereocenters. The molecule has 216 valence electrons. The van der Waals surface area contributed by atoms with Crippen molar-refractivity contribution in [3.05, 3.63) is 173 Å². The first kappa shape index (κ1) is 28.9. The van der Waals surface area contributed by atoms with Crippen molar-refractivity contribution in [3.63, 3.8) is 0 Å². The molecule has 0 saturated carbocycles. The normalized spacial score (nSPS) is 14.9. The van der Waals surface area contributed by atoms with Gasteiger partial charge >= 0.3 is 0 Å². The van der Waals surface area contributed by atoms with Crippen molar-refractivity contribution in [2.75, 3.05) is 6.54 Å². The highest BCUT2D eigenvalue weighted by molar-refractivity contribution is 6.27. The molecular weight excluding hydrogens is 534 g/mol. The number of nitrogens with two attached hydrogens (primary N) is 2. The maximum absolute atomic E-state index is 5.91. The highest BCUT2D eigenvalue weighted by Crippen LogP contribution is 2.45. The summed E-state index contributed by atoms with van der Waals surface area (Å²) in [5, 5.41) is 8.05. The average Bonchev–Trinajstić information content (AvgIpc) is 3.44. The standard InChI is InChI=1S/C27H23N.C14H14N2/c1-2-3-8-18-17-26-23(19(18)15-16-28)13-14-25-22-11-5-4-9-20(22)21-10-6-7-12-24(21)27(25)26;15-14(13-9-5-2-6-10-13)16-11-12-7-3-1-4-8-12/h2-15H,16-17,28H2,1H3;1-10H,11H2,(H2,15,16)/b3-2-,18-8-,19-15-;. The largest absolute Gasteiger partial charge is 0.383 e. The van der Waals surface area contributed by atoms with Gasteiger partial charge in [-0.05, 0) is 73.5 Å². The van der Waals surface area contributed by atoms with Crippen molar-refractivity contribution >= 4 is 43.7 Å². The Kier molecular flexibility index (Phi) is 8.77. The summed E-state index contributed by atoms with van der Waals surface area (Å²) in [5.41, 5.74) is 19.3. The van der Waals surface area contributed by atoms with E-state index < -0.39 is 0 Å². The topological polar surface area (TPSA) is 64.4 Å². The molecule has 0 fully saturated rings.